The van der Waals surface area contributed by atoms with Gasteiger partial charge in [0.05, 0.1) is 0 Å². The molecule has 0 unspecified atom stereocenters. The fourth-order valence-electron chi connectivity index (χ4n) is 0.925. The highest BCUT2D eigenvalue weighted by atomic mass is 32.2. The largest absolute Gasteiger partial charge is 0.288 e. The number of hydrogen-bond donors (Lipinski definition) is 0. The van der Waals surface area contributed by atoms with Gasteiger partial charge in [0.15, 0.2) is 0 Å². The Morgan fingerprint density at radius 3 is 2.36 bits per heavy atom. The smallest absolute Gasteiger partial charge is 0.264 e. The predicted molar refractivity (Wildman–Crippen MR) is 49.0 cm³/mol. The molecule has 0 saturated heterocycles. The van der Waals surface area contributed by atoms with Crippen LogP contribution in [-0.2, 0) is 6.54 Å². The van der Waals surface area contributed by atoms with Crippen LogP contribution in [0.1, 0.15) is 5.56 Å². The van der Waals surface area contributed by atoms with E-state index in [9.17, 15) is 18.9 Å². The number of rotatable bonds is 4. The van der Waals surface area contributed by atoms with Crippen LogP contribution < -0.4 is 0 Å². The molecule has 14 heavy (non-hydrogen) atoms. The minimum absolute atomic E-state index is 0.278. The maximum absolute atomic E-state index is 11.9. The highest BCUT2D eigenvalue weighted by Gasteiger charge is 2.06. The Balaban J connectivity index is 2.63. The first kappa shape index (κ1) is 10.9. The van der Waals surface area contributed by atoms with Gasteiger partial charge < -0.3 is 0 Å². The lowest BCUT2D eigenvalue weighted by Gasteiger charge is -2.00. The molecule has 0 aliphatic heterocycles. The third kappa shape index (κ3) is 3.69. The highest BCUT2D eigenvalue weighted by molar-refractivity contribution is 7.99. The molecule has 1 aromatic rings. The van der Waals surface area contributed by atoms with Crippen LogP contribution in [0.5, 0.6) is 0 Å². The first-order valence-electron chi connectivity index (χ1n) is 3.73. The van der Waals surface area contributed by atoms with Crippen molar-refractivity contribution in [1.29, 1.82) is 0 Å². The number of nitro groups is 1. The minimum atomic E-state index is -2.46. The summed E-state index contributed by atoms with van der Waals surface area (Å²) >= 11 is 0.423. The SMILES string of the molecule is O=[N+]([O-])Cc1ccc(SC(F)F)cc1. The molecule has 0 N–H and O–H groups in total. The summed E-state index contributed by atoms with van der Waals surface area (Å²) in [5, 5.41) is 10.1. The summed E-state index contributed by atoms with van der Waals surface area (Å²) in [4.78, 5) is 10.1. The van der Waals surface area contributed by atoms with Gasteiger partial charge in [-0.05, 0) is 12.1 Å². The van der Waals surface area contributed by atoms with Crippen molar-refractivity contribution in [2.75, 3.05) is 0 Å². The number of halogens is 2. The van der Waals surface area contributed by atoms with Gasteiger partial charge in [0.2, 0.25) is 6.54 Å². The molecule has 0 aliphatic carbocycles. The Bertz CT molecular complexity index is 316. The summed E-state index contributed by atoms with van der Waals surface area (Å²) in [6.45, 7) is -0.278. The van der Waals surface area contributed by atoms with Crippen molar-refractivity contribution in [1.82, 2.24) is 0 Å². The molecule has 0 saturated carbocycles. The Kier molecular flexibility index (Phi) is 3.82. The van der Waals surface area contributed by atoms with E-state index >= 15 is 0 Å². The zero-order chi connectivity index (χ0) is 10.6. The topological polar surface area (TPSA) is 43.1 Å². The molecule has 0 aromatic heterocycles. The molecular formula is C8H7F2NO2S. The van der Waals surface area contributed by atoms with E-state index in [2.05, 4.69) is 0 Å². The van der Waals surface area contributed by atoms with Crippen LogP contribution in [0.25, 0.3) is 0 Å². The minimum Gasteiger partial charge on any atom is -0.264 e. The van der Waals surface area contributed by atoms with E-state index < -0.39 is 10.7 Å². The maximum atomic E-state index is 11.9. The number of hydrogen-bond acceptors (Lipinski definition) is 3. The molecule has 76 valence electrons. The molecule has 0 heterocycles. The van der Waals surface area contributed by atoms with Gasteiger partial charge in [0.1, 0.15) is 0 Å². The van der Waals surface area contributed by atoms with Gasteiger partial charge in [0, 0.05) is 15.4 Å². The van der Waals surface area contributed by atoms with Gasteiger partial charge >= 0.3 is 0 Å². The van der Waals surface area contributed by atoms with E-state index in [1.165, 1.54) is 24.3 Å². The van der Waals surface area contributed by atoms with Crippen molar-refractivity contribution in [3.63, 3.8) is 0 Å². The summed E-state index contributed by atoms with van der Waals surface area (Å²) in [5.74, 6) is -2.46. The third-order valence-electron chi connectivity index (χ3n) is 1.46. The van der Waals surface area contributed by atoms with E-state index in [1.54, 1.807) is 0 Å². The van der Waals surface area contributed by atoms with E-state index in [0.717, 1.165) is 0 Å². The van der Waals surface area contributed by atoms with Gasteiger partial charge in [-0.25, -0.2) is 0 Å². The summed E-state index contributed by atoms with van der Waals surface area (Å²) in [5.41, 5.74) is 0.508. The highest BCUT2D eigenvalue weighted by Crippen LogP contribution is 2.25. The van der Waals surface area contributed by atoms with Crippen LogP contribution in [0.2, 0.25) is 0 Å². The number of nitrogens with zero attached hydrogens (tertiary/aromatic N) is 1. The molecule has 0 spiro atoms. The fourth-order valence-corrected chi connectivity index (χ4v) is 1.42. The van der Waals surface area contributed by atoms with Gasteiger partial charge in [-0.1, -0.05) is 23.9 Å². The summed E-state index contributed by atoms with van der Waals surface area (Å²) in [6.07, 6.45) is 0. The van der Waals surface area contributed by atoms with Gasteiger partial charge in [-0.2, -0.15) is 8.78 Å². The monoisotopic (exact) mass is 219 g/mol. The maximum Gasteiger partial charge on any atom is 0.288 e. The lowest BCUT2D eigenvalue weighted by molar-refractivity contribution is -0.496. The third-order valence-corrected chi connectivity index (χ3v) is 2.18. The molecule has 0 amide bonds. The van der Waals surface area contributed by atoms with E-state index in [4.69, 9.17) is 0 Å². The lowest BCUT2D eigenvalue weighted by atomic mass is 10.2. The Morgan fingerprint density at radius 2 is 1.93 bits per heavy atom. The second-order valence-corrected chi connectivity index (χ2v) is 3.58. The molecule has 0 aliphatic rings. The average molecular weight is 219 g/mol. The van der Waals surface area contributed by atoms with E-state index in [0.29, 0.717) is 22.2 Å². The van der Waals surface area contributed by atoms with Crippen molar-refractivity contribution >= 4 is 11.8 Å². The molecule has 0 fully saturated rings. The Labute approximate surface area is 83.3 Å². The quantitative estimate of drug-likeness (QED) is 0.444. The summed E-state index contributed by atoms with van der Waals surface area (Å²) in [6, 6.07) is 5.87. The Hall–Kier alpha value is -1.17. The second kappa shape index (κ2) is 4.90. The van der Waals surface area contributed by atoms with Crippen LogP contribution in [-0.4, -0.2) is 10.7 Å². The van der Waals surface area contributed by atoms with Crippen LogP contribution in [0.4, 0.5) is 8.78 Å². The first-order valence-corrected chi connectivity index (χ1v) is 4.61. The van der Waals surface area contributed by atoms with Crippen LogP contribution in [0.3, 0.4) is 0 Å². The zero-order valence-corrected chi connectivity index (χ0v) is 7.84. The molecule has 1 rings (SSSR count). The van der Waals surface area contributed by atoms with Crippen molar-refractivity contribution in [3.05, 3.63) is 39.9 Å². The van der Waals surface area contributed by atoms with Crippen LogP contribution >= 0.6 is 11.8 Å². The summed E-state index contributed by atoms with van der Waals surface area (Å²) in [7, 11) is 0. The van der Waals surface area contributed by atoms with Gasteiger partial charge in [-0.15, -0.1) is 0 Å². The van der Waals surface area contributed by atoms with Crippen molar-refractivity contribution in [2.24, 2.45) is 0 Å². The molecule has 1 aromatic carbocycles. The van der Waals surface area contributed by atoms with E-state index in [1.807, 2.05) is 0 Å². The van der Waals surface area contributed by atoms with Crippen molar-refractivity contribution in [2.45, 2.75) is 17.2 Å². The normalized spacial score (nSPS) is 10.5. The molecule has 3 nitrogen and oxygen atoms in total. The second-order valence-electron chi connectivity index (χ2n) is 2.51. The number of alkyl halides is 2. The van der Waals surface area contributed by atoms with Crippen LogP contribution in [0.15, 0.2) is 29.2 Å². The fraction of sp³-hybridized carbons (Fsp3) is 0.250. The zero-order valence-electron chi connectivity index (χ0n) is 7.02. The molecular weight excluding hydrogens is 212 g/mol. The van der Waals surface area contributed by atoms with Crippen molar-refractivity contribution < 1.29 is 13.7 Å². The molecule has 0 bridgehead atoms. The van der Waals surface area contributed by atoms with Crippen molar-refractivity contribution in [3.8, 4) is 0 Å². The molecule has 0 radical (unpaired) electrons. The molecule has 6 heteroatoms. The predicted octanol–water partition coefficient (Wildman–Crippen LogP) is 2.78. The van der Waals surface area contributed by atoms with Gasteiger partial charge in [-0.3, -0.25) is 10.1 Å². The Morgan fingerprint density at radius 1 is 1.36 bits per heavy atom. The number of thioether (sulfide) groups is 1. The van der Waals surface area contributed by atoms with Gasteiger partial charge in [0.25, 0.3) is 5.76 Å². The van der Waals surface area contributed by atoms with E-state index in [-0.39, 0.29) is 6.54 Å². The first-order chi connectivity index (χ1) is 6.58. The van der Waals surface area contributed by atoms with Crippen LogP contribution in [0, 0.1) is 10.1 Å². The lowest BCUT2D eigenvalue weighted by Crippen LogP contribution is -1.97. The molecule has 0 atom stereocenters. The number of benzene rings is 1. The standard InChI is InChI=1S/C8H7F2NO2S/c9-8(10)14-7-3-1-6(2-4-7)5-11(12)13/h1-4,8H,5H2. The average Bonchev–Trinajstić information content (AvgIpc) is 2.06. The summed E-state index contributed by atoms with van der Waals surface area (Å²) < 4.78 is 23.8.